The molecule has 1 aromatic carbocycles. The first kappa shape index (κ1) is 13.9. The zero-order valence-corrected chi connectivity index (χ0v) is 9.89. The van der Waals surface area contributed by atoms with Gasteiger partial charge in [-0.15, -0.1) is 0 Å². The zero-order chi connectivity index (χ0) is 14.7. The summed E-state index contributed by atoms with van der Waals surface area (Å²) in [7, 11) is 0. The van der Waals surface area contributed by atoms with Gasteiger partial charge >= 0.3 is 12.6 Å². The number of pyridine rings is 1. The first-order valence-corrected chi connectivity index (χ1v) is 5.42. The normalized spacial score (nSPS) is 10.6. The molecule has 20 heavy (non-hydrogen) atoms. The van der Waals surface area contributed by atoms with Gasteiger partial charge in [-0.25, -0.2) is 9.78 Å². The number of carboxylic acid groups (broad SMARTS) is 1. The number of halogens is 3. The minimum atomic E-state index is -3.16. The van der Waals surface area contributed by atoms with E-state index in [0.717, 1.165) is 6.07 Å². The van der Waals surface area contributed by atoms with E-state index in [0.29, 0.717) is 0 Å². The second kappa shape index (κ2) is 5.60. The van der Waals surface area contributed by atoms with E-state index in [1.165, 1.54) is 30.5 Å². The highest BCUT2D eigenvalue weighted by Crippen LogP contribution is 2.33. The molecule has 2 rings (SSSR count). The molecule has 104 valence electrons. The van der Waals surface area contributed by atoms with E-state index in [1.807, 2.05) is 0 Å². The highest BCUT2D eigenvalue weighted by Gasteiger charge is 2.17. The Kier molecular flexibility index (Phi) is 3.88. The molecule has 0 aliphatic rings. The van der Waals surface area contributed by atoms with Crippen molar-refractivity contribution in [3.63, 3.8) is 0 Å². The summed E-state index contributed by atoms with van der Waals surface area (Å²) in [6, 6.07) is 6.03. The lowest BCUT2D eigenvalue weighted by molar-refractivity contribution is -0.0495. The van der Waals surface area contributed by atoms with Crippen molar-refractivity contribution in [1.82, 2.24) is 4.98 Å². The lowest BCUT2D eigenvalue weighted by Gasteiger charge is -2.12. The molecule has 0 amide bonds. The average molecular weight is 283 g/mol. The van der Waals surface area contributed by atoms with Crippen LogP contribution in [0.3, 0.4) is 0 Å². The van der Waals surface area contributed by atoms with Gasteiger partial charge in [0.2, 0.25) is 5.95 Å². The fourth-order valence-electron chi connectivity index (χ4n) is 1.66. The largest absolute Gasteiger partial charge is 0.478 e. The maximum absolute atomic E-state index is 13.6. The number of aromatic nitrogens is 1. The van der Waals surface area contributed by atoms with Crippen molar-refractivity contribution in [1.29, 1.82) is 0 Å². The average Bonchev–Trinajstić information content (AvgIpc) is 2.39. The Morgan fingerprint density at radius 3 is 2.60 bits per heavy atom. The quantitative estimate of drug-likeness (QED) is 0.875. The Bertz CT molecular complexity index is 647. The zero-order valence-electron chi connectivity index (χ0n) is 9.89. The van der Waals surface area contributed by atoms with Crippen molar-refractivity contribution < 1.29 is 27.8 Å². The Hall–Kier alpha value is -2.57. The number of carbonyl (C=O) groups is 1. The molecule has 7 heteroatoms. The maximum Gasteiger partial charge on any atom is 0.387 e. The van der Waals surface area contributed by atoms with Crippen molar-refractivity contribution >= 4 is 5.97 Å². The molecule has 0 bridgehead atoms. The second-order valence-corrected chi connectivity index (χ2v) is 3.74. The number of rotatable bonds is 4. The van der Waals surface area contributed by atoms with Crippen LogP contribution in [0.5, 0.6) is 5.75 Å². The Morgan fingerprint density at radius 2 is 2.00 bits per heavy atom. The fraction of sp³-hybridized carbons (Fsp3) is 0.0769. The molecule has 1 heterocycles. The van der Waals surface area contributed by atoms with Crippen LogP contribution >= 0.6 is 0 Å². The molecule has 2 aromatic rings. The van der Waals surface area contributed by atoms with E-state index in [-0.39, 0.29) is 16.7 Å². The van der Waals surface area contributed by atoms with Gasteiger partial charge < -0.3 is 9.84 Å². The van der Waals surface area contributed by atoms with Crippen LogP contribution in [0, 0.1) is 5.95 Å². The molecule has 0 spiro atoms. The molecule has 1 aromatic heterocycles. The maximum atomic E-state index is 13.6. The van der Waals surface area contributed by atoms with Gasteiger partial charge in [0.25, 0.3) is 0 Å². The van der Waals surface area contributed by atoms with Crippen molar-refractivity contribution in [2.24, 2.45) is 0 Å². The van der Waals surface area contributed by atoms with Gasteiger partial charge in [0.15, 0.2) is 0 Å². The molecule has 4 nitrogen and oxygen atoms in total. The molecule has 1 N–H and O–H groups in total. The van der Waals surface area contributed by atoms with Gasteiger partial charge in [0.1, 0.15) is 5.75 Å². The highest BCUT2D eigenvalue weighted by atomic mass is 19.3. The van der Waals surface area contributed by atoms with E-state index in [1.54, 1.807) is 0 Å². The lowest BCUT2D eigenvalue weighted by atomic mass is 10.0. The number of aromatic carboxylic acids is 1. The standard InChI is InChI=1S/C13H8F3NO3/c14-11-9(2-1-5-17-11)8-4-3-7(12(18)19)6-10(8)20-13(15)16/h1-6,13H,(H,18,19). The van der Waals surface area contributed by atoms with E-state index in [2.05, 4.69) is 9.72 Å². The van der Waals surface area contributed by atoms with Crippen LogP contribution in [-0.2, 0) is 0 Å². The summed E-state index contributed by atoms with van der Waals surface area (Å²) in [4.78, 5) is 14.2. The summed E-state index contributed by atoms with van der Waals surface area (Å²) >= 11 is 0. The van der Waals surface area contributed by atoms with Crippen LogP contribution in [0.25, 0.3) is 11.1 Å². The van der Waals surface area contributed by atoms with Crippen LogP contribution < -0.4 is 4.74 Å². The van der Waals surface area contributed by atoms with E-state index in [4.69, 9.17) is 5.11 Å². The van der Waals surface area contributed by atoms with Crippen molar-refractivity contribution in [3.05, 3.63) is 48.0 Å². The van der Waals surface area contributed by atoms with E-state index < -0.39 is 24.3 Å². The van der Waals surface area contributed by atoms with Crippen molar-refractivity contribution in [3.8, 4) is 16.9 Å². The van der Waals surface area contributed by atoms with Crippen LogP contribution in [0.15, 0.2) is 36.5 Å². The fourth-order valence-corrected chi connectivity index (χ4v) is 1.66. The van der Waals surface area contributed by atoms with Gasteiger partial charge in [-0.1, -0.05) is 0 Å². The van der Waals surface area contributed by atoms with Gasteiger partial charge in [-0.2, -0.15) is 13.2 Å². The van der Waals surface area contributed by atoms with E-state index >= 15 is 0 Å². The number of nitrogens with zero attached hydrogens (tertiary/aromatic N) is 1. The van der Waals surface area contributed by atoms with Gasteiger partial charge in [0, 0.05) is 17.3 Å². The Labute approximate surface area is 111 Å². The molecule has 0 atom stereocenters. The predicted molar refractivity (Wildman–Crippen MR) is 63.2 cm³/mol. The molecule has 0 unspecified atom stereocenters. The summed E-state index contributed by atoms with van der Waals surface area (Å²) in [5, 5.41) is 8.83. The van der Waals surface area contributed by atoms with Crippen molar-refractivity contribution in [2.45, 2.75) is 6.61 Å². The first-order chi connectivity index (χ1) is 9.49. The summed E-state index contributed by atoms with van der Waals surface area (Å²) in [6.45, 7) is -3.16. The topological polar surface area (TPSA) is 59.4 Å². The summed E-state index contributed by atoms with van der Waals surface area (Å²) < 4.78 is 42.6. The number of hydrogen-bond acceptors (Lipinski definition) is 3. The number of alkyl halides is 2. The number of ether oxygens (including phenoxy) is 1. The summed E-state index contributed by atoms with van der Waals surface area (Å²) in [6.07, 6.45) is 1.21. The summed E-state index contributed by atoms with van der Waals surface area (Å²) in [5.41, 5.74) is -0.297. The molecule has 0 aliphatic heterocycles. The monoisotopic (exact) mass is 283 g/mol. The minimum Gasteiger partial charge on any atom is -0.478 e. The third-order valence-corrected chi connectivity index (χ3v) is 2.49. The molecule has 0 aliphatic carbocycles. The second-order valence-electron chi connectivity index (χ2n) is 3.74. The lowest BCUT2D eigenvalue weighted by Crippen LogP contribution is -2.06. The van der Waals surface area contributed by atoms with Crippen LogP contribution in [0.4, 0.5) is 13.2 Å². The molecule has 0 fully saturated rings. The number of carboxylic acids is 1. The predicted octanol–water partition coefficient (Wildman–Crippen LogP) is 3.19. The smallest absolute Gasteiger partial charge is 0.387 e. The van der Waals surface area contributed by atoms with Crippen LogP contribution in [0.1, 0.15) is 10.4 Å². The van der Waals surface area contributed by atoms with E-state index in [9.17, 15) is 18.0 Å². The van der Waals surface area contributed by atoms with Crippen LogP contribution in [0.2, 0.25) is 0 Å². The Morgan fingerprint density at radius 1 is 1.25 bits per heavy atom. The van der Waals surface area contributed by atoms with Crippen molar-refractivity contribution in [2.75, 3.05) is 0 Å². The molecule has 0 saturated heterocycles. The minimum absolute atomic E-state index is 0.000833. The number of hydrogen-bond donors (Lipinski definition) is 1. The highest BCUT2D eigenvalue weighted by molar-refractivity contribution is 5.89. The van der Waals surface area contributed by atoms with Gasteiger partial charge in [0.05, 0.1) is 5.56 Å². The third-order valence-electron chi connectivity index (χ3n) is 2.49. The van der Waals surface area contributed by atoms with Crippen LogP contribution in [-0.4, -0.2) is 22.7 Å². The molecular weight excluding hydrogens is 275 g/mol. The summed E-state index contributed by atoms with van der Waals surface area (Å²) in [5.74, 6) is -2.59. The van der Waals surface area contributed by atoms with Gasteiger partial charge in [-0.05, 0) is 30.3 Å². The van der Waals surface area contributed by atoms with Gasteiger partial charge in [-0.3, -0.25) is 0 Å². The molecule has 0 saturated carbocycles. The number of benzene rings is 1. The molecule has 0 radical (unpaired) electrons. The Balaban J connectivity index is 2.57. The third kappa shape index (κ3) is 2.87. The first-order valence-electron chi connectivity index (χ1n) is 5.42. The molecular formula is C13H8F3NO3. The SMILES string of the molecule is O=C(O)c1ccc(-c2cccnc2F)c(OC(F)F)c1.